The molecule has 4 aromatic rings. The van der Waals surface area contributed by atoms with Gasteiger partial charge in [-0.05, 0) is 49.9 Å². The molecule has 38 heavy (non-hydrogen) atoms. The molecule has 1 fully saturated rings. The van der Waals surface area contributed by atoms with E-state index in [2.05, 4.69) is 36.3 Å². The van der Waals surface area contributed by atoms with Gasteiger partial charge in [-0.15, -0.1) is 10.2 Å². The quantitative estimate of drug-likeness (QED) is 0.379. The van der Waals surface area contributed by atoms with Crippen molar-refractivity contribution in [1.82, 2.24) is 34.4 Å². The summed E-state index contributed by atoms with van der Waals surface area (Å²) in [6, 6.07) is 10.6. The van der Waals surface area contributed by atoms with Crippen LogP contribution < -0.4 is 9.62 Å². The standard InChI is InChI=1S/C27H30N8O2S/c1-3-23-27-33-32-18(2)34(27)24-17-29-25(31-26(24)35(23)20-9-7-8-10-20)22-13-14-28-15-19(22)16-30-38(36,37)21-11-5-4-6-12-21/h4-6,11-15,17,20,23,30H,3,7-10,16H2,1-2H3/t23-/m1/s1. The molecule has 1 aliphatic heterocycles. The largest absolute Gasteiger partial charge is 0.342 e. The predicted octanol–water partition coefficient (Wildman–Crippen LogP) is 4.12. The Morgan fingerprint density at radius 1 is 1.05 bits per heavy atom. The van der Waals surface area contributed by atoms with Crippen molar-refractivity contribution in [2.24, 2.45) is 0 Å². The zero-order chi connectivity index (χ0) is 26.3. The van der Waals surface area contributed by atoms with Crippen molar-refractivity contribution < 1.29 is 8.42 Å². The normalized spacial score (nSPS) is 17.4. The van der Waals surface area contributed by atoms with Gasteiger partial charge in [0, 0.05) is 30.5 Å². The number of rotatable bonds is 7. The molecule has 2 aliphatic rings. The molecule has 1 aromatic carbocycles. The van der Waals surface area contributed by atoms with Crippen LogP contribution in [0.5, 0.6) is 0 Å². The van der Waals surface area contributed by atoms with E-state index < -0.39 is 10.0 Å². The summed E-state index contributed by atoms with van der Waals surface area (Å²) in [5, 5.41) is 8.92. The van der Waals surface area contributed by atoms with Gasteiger partial charge >= 0.3 is 0 Å². The molecule has 1 N–H and O–H groups in total. The second-order valence-corrected chi connectivity index (χ2v) is 11.6. The van der Waals surface area contributed by atoms with Crippen LogP contribution in [-0.4, -0.2) is 44.2 Å². The van der Waals surface area contributed by atoms with Crippen LogP contribution in [0, 0.1) is 6.92 Å². The van der Waals surface area contributed by atoms with E-state index in [9.17, 15) is 8.42 Å². The van der Waals surface area contributed by atoms with Gasteiger partial charge in [0.25, 0.3) is 0 Å². The van der Waals surface area contributed by atoms with Crippen LogP contribution in [0.2, 0.25) is 0 Å². The Kier molecular flexibility index (Phi) is 6.40. The number of nitrogens with zero attached hydrogens (tertiary/aromatic N) is 7. The molecule has 4 heterocycles. The second kappa shape index (κ2) is 9.88. The number of hydrogen-bond acceptors (Lipinski definition) is 8. The number of pyridine rings is 1. The fourth-order valence-corrected chi connectivity index (χ4v) is 6.67. The third-order valence-corrected chi connectivity index (χ3v) is 8.89. The topological polar surface area (TPSA) is 119 Å². The average Bonchev–Trinajstić information content (AvgIpc) is 3.62. The minimum atomic E-state index is -3.68. The van der Waals surface area contributed by atoms with Crippen LogP contribution in [-0.2, 0) is 16.6 Å². The van der Waals surface area contributed by atoms with Crippen molar-refractivity contribution in [2.45, 2.75) is 69.5 Å². The van der Waals surface area contributed by atoms with Gasteiger partial charge in [0.2, 0.25) is 10.0 Å². The van der Waals surface area contributed by atoms with Gasteiger partial charge in [-0.2, -0.15) is 0 Å². The molecule has 0 spiro atoms. The van der Waals surface area contributed by atoms with E-state index in [0.29, 0.717) is 17.4 Å². The summed E-state index contributed by atoms with van der Waals surface area (Å²) >= 11 is 0. The number of aryl methyl sites for hydroxylation is 1. The molecule has 0 unspecified atom stereocenters. The maximum absolute atomic E-state index is 12.8. The summed E-state index contributed by atoms with van der Waals surface area (Å²) < 4.78 is 30.5. The predicted molar refractivity (Wildman–Crippen MR) is 143 cm³/mol. The molecule has 0 amide bonds. The minimum absolute atomic E-state index is 0.0689. The van der Waals surface area contributed by atoms with Crippen LogP contribution in [0.1, 0.15) is 62.3 Å². The Morgan fingerprint density at radius 2 is 1.84 bits per heavy atom. The number of benzene rings is 1. The molecular formula is C27H30N8O2S. The highest BCUT2D eigenvalue weighted by Crippen LogP contribution is 2.43. The third-order valence-electron chi connectivity index (χ3n) is 7.47. The molecule has 10 nitrogen and oxygen atoms in total. The number of hydrogen-bond donors (Lipinski definition) is 1. The fourth-order valence-electron chi connectivity index (χ4n) is 5.64. The summed E-state index contributed by atoms with van der Waals surface area (Å²) in [6.07, 6.45) is 10.7. The third kappa shape index (κ3) is 4.25. The number of sulfonamides is 1. The fraction of sp³-hybridized carbons (Fsp3) is 0.370. The van der Waals surface area contributed by atoms with Gasteiger partial charge in [-0.3, -0.25) is 9.55 Å². The smallest absolute Gasteiger partial charge is 0.240 e. The zero-order valence-corrected chi connectivity index (χ0v) is 22.3. The zero-order valence-electron chi connectivity index (χ0n) is 21.4. The summed E-state index contributed by atoms with van der Waals surface area (Å²) in [5.41, 5.74) is 2.32. The van der Waals surface area contributed by atoms with Crippen LogP contribution in [0.25, 0.3) is 17.1 Å². The van der Waals surface area contributed by atoms with Crippen molar-refractivity contribution in [2.75, 3.05) is 4.90 Å². The van der Waals surface area contributed by atoms with Crippen LogP contribution in [0.4, 0.5) is 5.82 Å². The maximum atomic E-state index is 12.8. The molecule has 0 radical (unpaired) electrons. The highest BCUT2D eigenvalue weighted by molar-refractivity contribution is 7.89. The van der Waals surface area contributed by atoms with Crippen molar-refractivity contribution in [1.29, 1.82) is 0 Å². The lowest BCUT2D eigenvalue weighted by Gasteiger charge is -2.41. The van der Waals surface area contributed by atoms with Crippen molar-refractivity contribution in [3.8, 4) is 17.1 Å². The second-order valence-electron chi connectivity index (χ2n) is 9.78. The van der Waals surface area contributed by atoms with Gasteiger partial charge < -0.3 is 4.90 Å². The molecule has 6 rings (SSSR count). The highest BCUT2D eigenvalue weighted by Gasteiger charge is 2.39. The maximum Gasteiger partial charge on any atom is 0.240 e. The first-order chi connectivity index (χ1) is 18.5. The lowest BCUT2D eigenvalue weighted by Crippen LogP contribution is -2.42. The van der Waals surface area contributed by atoms with Crippen molar-refractivity contribution in [3.63, 3.8) is 0 Å². The molecule has 1 atom stereocenters. The van der Waals surface area contributed by atoms with Gasteiger partial charge in [0.15, 0.2) is 17.5 Å². The van der Waals surface area contributed by atoms with E-state index in [1.54, 1.807) is 42.7 Å². The molecule has 1 saturated carbocycles. The Labute approximate surface area is 222 Å². The van der Waals surface area contributed by atoms with Gasteiger partial charge in [-0.25, -0.2) is 23.1 Å². The van der Waals surface area contributed by atoms with E-state index in [0.717, 1.165) is 48.0 Å². The molecule has 11 heteroatoms. The Balaban J connectivity index is 1.40. The Bertz CT molecular complexity index is 1570. The number of fused-ring (bicyclic) bond motifs is 3. The number of aromatic nitrogens is 6. The molecule has 0 bridgehead atoms. The summed E-state index contributed by atoms with van der Waals surface area (Å²) in [6.45, 7) is 4.19. The lowest BCUT2D eigenvalue weighted by atomic mass is 10.0. The van der Waals surface area contributed by atoms with Gasteiger partial charge in [0.05, 0.1) is 17.1 Å². The number of nitrogens with one attached hydrogen (secondary N) is 1. The van der Waals surface area contributed by atoms with E-state index in [1.807, 2.05) is 19.2 Å². The van der Waals surface area contributed by atoms with Crippen LogP contribution in [0.15, 0.2) is 59.9 Å². The SMILES string of the molecule is CC[C@@H]1c2nnc(C)n2-c2cnc(-c3ccncc3CNS(=O)(=O)c3ccccc3)nc2N1C1CCCC1. The van der Waals surface area contributed by atoms with Crippen molar-refractivity contribution in [3.05, 3.63) is 72.2 Å². The average molecular weight is 531 g/mol. The first kappa shape index (κ1) is 24.6. The summed E-state index contributed by atoms with van der Waals surface area (Å²) in [7, 11) is -3.68. The lowest BCUT2D eigenvalue weighted by molar-refractivity contribution is 0.468. The highest BCUT2D eigenvalue weighted by atomic mass is 32.2. The Morgan fingerprint density at radius 3 is 2.61 bits per heavy atom. The minimum Gasteiger partial charge on any atom is -0.342 e. The molecular weight excluding hydrogens is 500 g/mol. The number of anilines is 1. The van der Waals surface area contributed by atoms with Gasteiger partial charge in [-0.1, -0.05) is 38.0 Å². The van der Waals surface area contributed by atoms with E-state index in [-0.39, 0.29) is 17.5 Å². The van der Waals surface area contributed by atoms with Crippen molar-refractivity contribution >= 4 is 15.8 Å². The molecule has 3 aromatic heterocycles. The Hall–Kier alpha value is -3.70. The summed E-state index contributed by atoms with van der Waals surface area (Å²) in [5.74, 6) is 3.14. The summed E-state index contributed by atoms with van der Waals surface area (Å²) in [4.78, 5) is 16.8. The van der Waals surface area contributed by atoms with Gasteiger partial charge in [0.1, 0.15) is 11.5 Å². The van der Waals surface area contributed by atoms with E-state index >= 15 is 0 Å². The molecule has 1 aliphatic carbocycles. The molecule has 0 saturated heterocycles. The van der Waals surface area contributed by atoms with Crippen LogP contribution in [0.3, 0.4) is 0 Å². The monoisotopic (exact) mass is 530 g/mol. The first-order valence-electron chi connectivity index (χ1n) is 13.0. The van der Waals surface area contributed by atoms with Crippen LogP contribution >= 0.6 is 0 Å². The first-order valence-corrected chi connectivity index (χ1v) is 14.5. The molecule has 196 valence electrons. The van der Waals surface area contributed by atoms with E-state index in [1.165, 1.54) is 12.8 Å². The van der Waals surface area contributed by atoms with E-state index in [4.69, 9.17) is 9.97 Å².